The Labute approximate surface area is 69.5 Å². The molecule has 11 heavy (non-hydrogen) atoms. The van der Waals surface area contributed by atoms with E-state index in [1.54, 1.807) is 0 Å². The summed E-state index contributed by atoms with van der Waals surface area (Å²) in [5.74, 6) is 0. The summed E-state index contributed by atoms with van der Waals surface area (Å²) < 4.78 is 5.61. The van der Waals surface area contributed by atoms with Crippen LogP contribution in [0.3, 0.4) is 0 Å². The molecule has 0 radical (unpaired) electrons. The fraction of sp³-hybridized carbons (Fsp3) is 1.00. The van der Waals surface area contributed by atoms with Gasteiger partial charge in [0.2, 0.25) is 0 Å². The quantitative estimate of drug-likeness (QED) is 0.615. The zero-order valence-electron chi connectivity index (χ0n) is 7.68. The van der Waals surface area contributed by atoms with E-state index in [0.717, 1.165) is 19.7 Å². The van der Waals surface area contributed by atoms with Gasteiger partial charge in [0.05, 0.1) is 12.7 Å². The van der Waals surface area contributed by atoms with E-state index in [-0.39, 0.29) is 0 Å². The van der Waals surface area contributed by atoms with Crippen LogP contribution in [0.1, 0.15) is 26.2 Å². The minimum Gasteiger partial charge on any atom is -0.376 e. The maximum absolute atomic E-state index is 5.61. The molecule has 0 aromatic rings. The molecule has 0 aromatic heterocycles. The molecule has 1 atom stereocenters. The molecule has 1 fully saturated rings. The van der Waals surface area contributed by atoms with Crippen LogP contribution in [-0.2, 0) is 4.74 Å². The molecule has 1 saturated heterocycles. The molecule has 1 unspecified atom stereocenters. The van der Waals surface area contributed by atoms with Crippen LogP contribution in [0, 0.1) is 0 Å². The van der Waals surface area contributed by atoms with Gasteiger partial charge in [0.25, 0.3) is 0 Å². The first-order valence-corrected chi connectivity index (χ1v) is 4.63. The van der Waals surface area contributed by atoms with E-state index in [4.69, 9.17) is 4.74 Å². The van der Waals surface area contributed by atoms with E-state index in [1.165, 1.54) is 19.3 Å². The monoisotopic (exact) mass is 157 g/mol. The average Bonchev–Trinajstić information content (AvgIpc) is 2.01. The van der Waals surface area contributed by atoms with Crippen molar-refractivity contribution in [3.63, 3.8) is 0 Å². The first-order chi connectivity index (χ1) is 5.33. The van der Waals surface area contributed by atoms with Crippen molar-refractivity contribution in [2.24, 2.45) is 0 Å². The third-order valence-corrected chi connectivity index (χ3v) is 2.22. The van der Waals surface area contributed by atoms with Gasteiger partial charge < -0.3 is 9.64 Å². The molecule has 0 saturated carbocycles. The molecule has 1 aliphatic heterocycles. The van der Waals surface area contributed by atoms with Gasteiger partial charge in [0.15, 0.2) is 0 Å². The summed E-state index contributed by atoms with van der Waals surface area (Å²) in [5.41, 5.74) is 0. The van der Waals surface area contributed by atoms with E-state index in [1.807, 2.05) is 0 Å². The second kappa shape index (κ2) is 4.73. The lowest BCUT2D eigenvalue weighted by molar-refractivity contribution is -0.0240. The normalized spacial score (nSPS) is 27.3. The zero-order valence-corrected chi connectivity index (χ0v) is 7.68. The van der Waals surface area contributed by atoms with Crippen molar-refractivity contribution in [2.45, 2.75) is 32.3 Å². The van der Waals surface area contributed by atoms with Crippen molar-refractivity contribution < 1.29 is 4.74 Å². The van der Waals surface area contributed by atoms with E-state index < -0.39 is 0 Å². The van der Waals surface area contributed by atoms with Gasteiger partial charge >= 0.3 is 0 Å². The number of nitrogens with zero attached hydrogens (tertiary/aromatic N) is 1. The molecule has 0 aliphatic carbocycles. The van der Waals surface area contributed by atoms with Gasteiger partial charge in [-0.2, -0.15) is 0 Å². The minimum absolute atomic E-state index is 0.508. The van der Waals surface area contributed by atoms with Crippen LogP contribution >= 0.6 is 0 Å². The van der Waals surface area contributed by atoms with Gasteiger partial charge in [0.1, 0.15) is 0 Å². The van der Waals surface area contributed by atoms with E-state index in [0.29, 0.717) is 6.10 Å². The highest BCUT2D eigenvalue weighted by atomic mass is 16.5. The highest BCUT2D eigenvalue weighted by molar-refractivity contribution is 4.68. The van der Waals surface area contributed by atoms with Gasteiger partial charge in [-0.1, -0.05) is 19.8 Å². The number of rotatable bonds is 3. The Morgan fingerprint density at radius 2 is 2.36 bits per heavy atom. The SMILES string of the molecule is CCCCC1CN(C)CCO1. The van der Waals surface area contributed by atoms with E-state index in [9.17, 15) is 0 Å². The minimum atomic E-state index is 0.508. The van der Waals surface area contributed by atoms with Crippen LogP contribution in [-0.4, -0.2) is 37.7 Å². The highest BCUT2D eigenvalue weighted by Crippen LogP contribution is 2.09. The Morgan fingerprint density at radius 1 is 1.55 bits per heavy atom. The molecule has 0 N–H and O–H groups in total. The molecule has 0 amide bonds. The highest BCUT2D eigenvalue weighted by Gasteiger charge is 2.16. The Bertz CT molecular complexity index is 106. The van der Waals surface area contributed by atoms with Crippen molar-refractivity contribution in [1.82, 2.24) is 4.90 Å². The van der Waals surface area contributed by atoms with Crippen LogP contribution in [0.15, 0.2) is 0 Å². The molecule has 66 valence electrons. The molecular weight excluding hydrogens is 138 g/mol. The number of unbranched alkanes of at least 4 members (excludes halogenated alkanes) is 1. The molecule has 1 rings (SSSR count). The topological polar surface area (TPSA) is 12.5 Å². The third kappa shape index (κ3) is 3.21. The first kappa shape index (κ1) is 9.01. The van der Waals surface area contributed by atoms with Gasteiger partial charge in [-0.3, -0.25) is 0 Å². The molecule has 0 aromatic carbocycles. The van der Waals surface area contributed by atoms with E-state index in [2.05, 4.69) is 18.9 Å². The summed E-state index contributed by atoms with van der Waals surface area (Å²) in [7, 11) is 2.17. The van der Waals surface area contributed by atoms with Crippen molar-refractivity contribution in [2.75, 3.05) is 26.7 Å². The number of likely N-dealkylation sites (N-methyl/N-ethyl adjacent to an activating group) is 1. The Balaban J connectivity index is 2.12. The summed E-state index contributed by atoms with van der Waals surface area (Å²) in [6.07, 6.45) is 4.33. The molecule has 1 aliphatic rings. The fourth-order valence-corrected chi connectivity index (χ4v) is 1.47. The molecule has 2 nitrogen and oxygen atoms in total. The fourth-order valence-electron chi connectivity index (χ4n) is 1.47. The maximum atomic E-state index is 5.61. The van der Waals surface area contributed by atoms with Crippen LogP contribution in [0.4, 0.5) is 0 Å². The first-order valence-electron chi connectivity index (χ1n) is 4.63. The molecule has 2 heteroatoms. The van der Waals surface area contributed by atoms with Crippen molar-refractivity contribution in [3.8, 4) is 0 Å². The zero-order chi connectivity index (χ0) is 8.10. The third-order valence-electron chi connectivity index (χ3n) is 2.22. The number of hydrogen-bond acceptors (Lipinski definition) is 2. The second-order valence-corrected chi connectivity index (χ2v) is 3.40. The number of hydrogen-bond donors (Lipinski definition) is 0. The van der Waals surface area contributed by atoms with Gasteiger partial charge in [-0.15, -0.1) is 0 Å². The van der Waals surface area contributed by atoms with E-state index >= 15 is 0 Å². The van der Waals surface area contributed by atoms with Crippen LogP contribution in [0.2, 0.25) is 0 Å². The van der Waals surface area contributed by atoms with Crippen molar-refractivity contribution in [1.29, 1.82) is 0 Å². The lowest BCUT2D eigenvalue weighted by atomic mass is 10.1. The Kier molecular flexibility index (Phi) is 3.87. The summed E-state index contributed by atoms with van der Waals surface area (Å²) >= 11 is 0. The Hall–Kier alpha value is -0.0800. The standard InChI is InChI=1S/C9H19NO/c1-3-4-5-9-8-10(2)6-7-11-9/h9H,3-8H2,1-2H3. The molecule has 0 spiro atoms. The van der Waals surface area contributed by atoms with Gasteiger partial charge in [-0.05, 0) is 13.5 Å². The summed E-state index contributed by atoms with van der Waals surface area (Å²) in [6, 6.07) is 0. The number of ether oxygens (including phenoxy) is 1. The van der Waals surface area contributed by atoms with Gasteiger partial charge in [-0.25, -0.2) is 0 Å². The predicted molar refractivity (Wildman–Crippen MR) is 46.8 cm³/mol. The molecule has 0 bridgehead atoms. The number of morpholine rings is 1. The van der Waals surface area contributed by atoms with Crippen LogP contribution in [0.25, 0.3) is 0 Å². The van der Waals surface area contributed by atoms with Gasteiger partial charge in [0, 0.05) is 13.1 Å². The van der Waals surface area contributed by atoms with Crippen LogP contribution in [0.5, 0.6) is 0 Å². The summed E-state index contributed by atoms with van der Waals surface area (Å²) in [4.78, 5) is 2.35. The summed E-state index contributed by atoms with van der Waals surface area (Å²) in [6.45, 7) is 5.38. The summed E-state index contributed by atoms with van der Waals surface area (Å²) in [5, 5.41) is 0. The van der Waals surface area contributed by atoms with Crippen molar-refractivity contribution in [3.05, 3.63) is 0 Å². The smallest absolute Gasteiger partial charge is 0.0702 e. The van der Waals surface area contributed by atoms with Crippen LogP contribution < -0.4 is 0 Å². The molecule has 1 heterocycles. The predicted octanol–water partition coefficient (Wildman–Crippen LogP) is 1.51. The molecular formula is C9H19NO. The maximum Gasteiger partial charge on any atom is 0.0702 e. The lowest BCUT2D eigenvalue weighted by Gasteiger charge is -2.29. The second-order valence-electron chi connectivity index (χ2n) is 3.40. The lowest BCUT2D eigenvalue weighted by Crippen LogP contribution is -2.39. The largest absolute Gasteiger partial charge is 0.376 e. The van der Waals surface area contributed by atoms with Crippen molar-refractivity contribution >= 4 is 0 Å². The average molecular weight is 157 g/mol. The Morgan fingerprint density at radius 3 is 3.00 bits per heavy atom.